The molecule has 0 N–H and O–H groups in total. The molecule has 0 spiro atoms. The Labute approximate surface area is 101 Å². The monoisotopic (exact) mass is 356 g/mol. The predicted molar refractivity (Wildman–Crippen MR) is 40.8 cm³/mol. The summed E-state index contributed by atoms with van der Waals surface area (Å²) in [5.41, 5.74) is 0. The van der Waals surface area contributed by atoms with Crippen LogP contribution in [0.2, 0.25) is 0 Å². The smallest absolute Gasteiger partial charge is 0.423 e. The number of ether oxygens (including phenoxy) is 1. The summed E-state index contributed by atoms with van der Waals surface area (Å²) < 4.78 is 105. The molecule has 0 saturated carbocycles. The summed E-state index contributed by atoms with van der Waals surface area (Å²) in [6, 6.07) is 0. The Bertz CT molecular complexity index is 300. The molecule has 0 radical (unpaired) electrons. The summed E-state index contributed by atoms with van der Waals surface area (Å²) in [5, 5.41) is 0. The Morgan fingerprint density at radius 2 is 1.22 bits per heavy atom. The second-order valence-electron chi connectivity index (χ2n) is 2.85. The van der Waals surface area contributed by atoms with E-state index in [2.05, 4.69) is 4.74 Å². The number of rotatable bonds is 2. The van der Waals surface area contributed by atoms with E-state index < -0.39 is 35.4 Å². The zero-order valence-electron chi connectivity index (χ0n) is 7.80. The van der Waals surface area contributed by atoms with Crippen LogP contribution < -0.4 is 0 Å². The van der Waals surface area contributed by atoms with Crippen molar-refractivity contribution >= 4 is 21.9 Å². The lowest BCUT2D eigenvalue weighted by molar-refractivity contribution is -0.267. The van der Waals surface area contributed by atoms with E-state index in [-0.39, 0.29) is 0 Å². The van der Waals surface area contributed by atoms with Crippen molar-refractivity contribution in [1.29, 1.82) is 0 Å². The van der Waals surface area contributed by atoms with Crippen LogP contribution in [0.4, 0.5) is 39.5 Å². The minimum Gasteiger partial charge on any atom is -0.454 e. The first kappa shape index (κ1) is 17.3. The van der Waals surface area contributed by atoms with E-state index in [4.69, 9.17) is 0 Å². The largest absolute Gasteiger partial charge is 0.454 e. The summed E-state index contributed by atoms with van der Waals surface area (Å²) in [5.74, 6) is -3.14. The van der Waals surface area contributed by atoms with Crippen molar-refractivity contribution < 1.29 is 49.0 Å². The first-order chi connectivity index (χ1) is 7.63. The maximum Gasteiger partial charge on any atom is 0.423 e. The third-order valence-electron chi connectivity index (χ3n) is 1.43. The molecule has 0 aliphatic rings. The number of carbonyl (C=O) groups is 1. The first-order valence-electron chi connectivity index (χ1n) is 3.69. The van der Waals surface area contributed by atoms with Crippen LogP contribution >= 0.6 is 15.9 Å². The summed E-state index contributed by atoms with van der Waals surface area (Å²) in [4.78, 5) is 10.6. The van der Waals surface area contributed by atoms with E-state index >= 15 is 0 Å². The highest BCUT2D eigenvalue weighted by Gasteiger charge is 2.75. The van der Waals surface area contributed by atoms with Crippen molar-refractivity contribution in [3.05, 3.63) is 0 Å². The van der Waals surface area contributed by atoms with Crippen molar-refractivity contribution in [2.24, 2.45) is 0 Å². The molecule has 12 heteroatoms. The normalized spacial score (nSPS) is 14.6. The fourth-order valence-electron chi connectivity index (χ4n) is 0.639. The Morgan fingerprint density at radius 3 is 1.44 bits per heavy atom. The molecule has 18 heavy (non-hydrogen) atoms. The van der Waals surface area contributed by atoms with Gasteiger partial charge in [-0.2, -0.15) is 39.5 Å². The van der Waals surface area contributed by atoms with E-state index in [0.717, 1.165) is 15.9 Å². The van der Waals surface area contributed by atoms with Gasteiger partial charge in [0, 0.05) is 0 Å². The molecule has 0 fully saturated rings. The van der Waals surface area contributed by atoms with Crippen LogP contribution in [0, 0.1) is 0 Å². The molecule has 0 aliphatic heterocycles. The lowest BCUT2D eigenvalue weighted by Crippen LogP contribution is -2.58. The Hall–Kier alpha value is -0.680. The number of hydrogen-bond donors (Lipinski definition) is 0. The van der Waals surface area contributed by atoms with Crippen LogP contribution in [0.5, 0.6) is 0 Å². The third-order valence-corrected chi connectivity index (χ3v) is 2.65. The highest BCUT2D eigenvalue weighted by atomic mass is 79.9. The maximum absolute atomic E-state index is 12.1. The zero-order valence-corrected chi connectivity index (χ0v) is 9.39. The van der Waals surface area contributed by atoms with Gasteiger partial charge in [0.15, 0.2) is 6.61 Å². The average Bonchev–Trinajstić information content (AvgIpc) is 2.07. The molecular weight excluding hydrogens is 355 g/mol. The molecule has 108 valence electrons. The molecule has 0 aromatic heterocycles. The number of halogens is 10. The van der Waals surface area contributed by atoms with E-state index in [1.165, 1.54) is 0 Å². The Balaban J connectivity index is 5.21. The first-order valence-corrected chi connectivity index (χ1v) is 4.48. The molecule has 0 atom stereocenters. The highest BCUT2D eigenvalue weighted by molar-refractivity contribution is 9.10. The van der Waals surface area contributed by atoms with E-state index in [1.807, 2.05) is 0 Å². The summed E-state index contributed by atoms with van der Waals surface area (Å²) >= 11 is 1.07. The average molecular weight is 357 g/mol. The second-order valence-corrected chi connectivity index (χ2v) is 4.03. The molecule has 0 aromatic rings. The lowest BCUT2D eigenvalue weighted by Gasteiger charge is -2.29. The summed E-state index contributed by atoms with van der Waals surface area (Å²) in [7, 11) is 0. The maximum atomic E-state index is 12.1. The van der Waals surface area contributed by atoms with Crippen LogP contribution in [0.15, 0.2) is 0 Å². The fraction of sp³-hybridized carbons (Fsp3) is 0.833. The molecule has 2 nitrogen and oxygen atoms in total. The molecule has 0 rings (SSSR count). The number of carbonyl (C=O) groups excluding carboxylic acids is 1. The van der Waals surface area contributed by atoms with Gasteiger partial charge in [0.25, 0.3) is 0 Å². The molecule has 0 heterocycles. The van der Waals surface area contributed by atoms with Crippen LogP contribution in [-0.2, 0) is 9.53 Å². The molecule has 0 amide bonds. The van der Waals surface area contributed by atoms with Gasteiger partial charge in [-0.15, -0.1) is 0 Å². The van der Waals surface area contributed by atoms with Gasteiger partial charge in [-0.25, -0.2) is 4.79 Å². The van der Waals surface area contributed by atoms with Crippen molar-refractivity contribution in [3.63, 3.8) is 0 Å². The van der Waals surface area contributed by atoms with E-state index in [0.29, 0.717) is 0 Å². The zero-order chi connectivity index (χ0) is 15.0. The van der Waals surface area contributed by atoms with Gasteiger partial charge in [-0.3, -0.25) is 0 Å². The SMILES string of the molecule is O=C(OCC(F)(F)F)C(Br)(C(F)(F)F)C(F)(F)F. The molecule has 0 saturated heterocycles. The molecule has 0 bridgehead atoms. The minimum atomic E-state index is -6.21. The highest BCUT2D eigenvalue weighted by Crippen LogP contribution is 2.50. The number of hydrogen-bond acceptors (Lipinski definition) is 2. The van der Waals surface area contributed by atoms with Gasteiger partial charge in [-0.05, 0) is 0 Å². The third kappa shape index (κ3) is 3.65. The Morgan fingerprint density at radius 1 is 0.889 bits per heavy atom. The predicted octanol–water partition coefficient (Wildman–Crippen LogP) is 3.35. The van der Waals surface area contributed by atoms with Gasteiger partial charge in [-0.1, -0.05) is 15.9 Å². The van der Waals surface area contributed by atoms with Crippen LogP contribution in [0.3, 0.4) is 0 Å². The van der Waals surface area contributed by atoms with Crippen molar-refractivity contribution in [2.75, 3.05) is 6.61 Å². The number of esters is 1. The molecule has 0 aromatic carbocycles. The second kappa shape index (κ2) is 4.78. The van der Waals surface area contributed by atoms with Crippen LogP contribution in [-0.4, -0.2) is 35.4 Å². The molecule has 0 unspecified atom stereocenters. The lowest BCUT2D eigenvalue weighted by atomic mass is 10.1. The van der Waals surface area contributed by atoms with Gasteiger partial charge < -0.3 is 4.74 Å². The van der Waals surface area contributed by atoms with Gasteiger partial charge in [0.05, 0.1) is 0 Å². The van der Waals surface area contributed by atoms with Gasteiger partial charge >= 0.3 is 28.8 Å². The van der Waals surface area contributed by atoms with Crippen molar-refractivity contribution in [2.45, 2.75) is 22.9 Å². The van der Waals surface area contributed by atoms with Crippen molar-refractivity contribution in [3.8, 4) is 0 Å². The van der Waals surface area contributed by atoms with Crippen LogP contribution in [0.25, 0.3) is 0 Å². The standard InChI is InChI=1S/C6H2BrF9O2/c7-4(5(11,12)13,6(14,15)16)2(17)18-1-3(8,9)10/h1H2. The molecule has 0 aliphatic carbocycles. The molecular formula is C6H2BrF9O2. The van der Waals surface area contributed by atoms with Gasteiger partial charge in [0.1, 0.15) is 0 Å². The minimum absolute atomic E-state index is 1.07. The summed E-state index contributed by atoms with van der Waals surface area (Å²) in [6.45, 7) is -2.56. The van der Waals surface area contributed by atoms with E-state index in [1.54, 1.807) is 0 Å². The Kier molecular flexibility index (Phi) is 4.60. The van der Waals surface area contributed by atoms with Gasteiger partial charge in [0.2, 0.25) is 0 Å². The fourth-order valence-corrected chi connectivity index (χ4v) is 0.753. The summed E-state index contributed by atoms with van der Waals surface area (Å²) in [6.07, 6.45) is -17.7. The number of alkyl halides is 10. The van der Waals surface area contributed by atoms with Crippen LogP contribution in [0.1, 0.15) is 0 Å². The van der Waals surface area contributed by atoms with E-state index in [9.17, 15) is 44.3 Å². The topological polar surface area (TPSA) is 26.3 Å². The quantitative estimate of drug-likeness (QED) is 0.431. The van der Waals surface area contributed by atoms with Crippen molar-refractivity contribution in [1.82, 2.24) is 0 Å².